The van der Waals surface area contributed by atoms with E-state index in [0.717, 1.165) is 0 Å². The van der Waals surface area contributed by atoms with Gasteiger partial charge in [0.15, 0.2) is 0 Å². The smallest absolute Gasteiger partial charge is 0.0442 e. The fourth-order valence-electron chi connectivity index (χ4n) is 0.707. The van der Waals surface area contributed by atoms with E-state index in [4.69, 9.17) is 17.5 Å². The van der Waals surface area contributed by atoms with Crippen LogP contribution in [0.3, 0.4) is 0 Å². The molecule has 0 aliphatic carbocycles. The Kier molecular flexibility index (Phi) is 7.81. The zero-order chi connectivity index (χ0) is 11.1. The summed E-state index contributed by atoms with van der Waals surface area (Å²) in [4.78, 5) is 0. The maximum absolute atomic E-state index is 8.52. The molecule has 0 aromatic heterocycles. The predicted molar refractivity (Wildman–Crippen MR) is 53.5 cm³/mol. The lowest BCUT2D eigenvalue weighted by Gasteiger charge is -2.13. The van der Waals surface area contributed by atoms with Gasteiger partial charge in [0.05, 0.1) is 0 Å². The number of hydrogen-bond donors (Lipinski definition) is 0. The third-order valence-corrected chi connectivity index (χ3v) is 3.13. The van der Waals surface area contributed by atoms with Crippen molar-refractivity contribution in [3.8, 4) is 0 Å². The number of rotatable bonds is 3. The average Bonchev–Trinajstić information content (AvgIpc) is 1.77. The van der Waals surface area contributed by atoms with Crippen molar-refractivity contribution in [3.63, 3.8) is 0 Å². The van der Waals surface area contributed by atoms with Gasteiger partial charge in [0.2, 0.25) is 0 Å². The van der Waals surface area contributed by atoms with Crippen molar-refractivity contribution in [2.24, 2.45) is 0 Å². The van der Waals surface area contributed by atoms with Gasteiger partial charge in [-0.05, 0) is 0 Å². The standard InChI is InChI=1S/C7H18Si.H2O4S/c1-5-6-7-8(2,3)4;1-5(2,3)4/h5-7H2,1-4H3;(H2,1,2,3,4)/p-2. The van der Waals surface area contributed by atoms with Gasteiger partial charge in [0.25, 0.3) is 0 Å². The molecule has 0 radical (unpaired) electrons. The molecular formula is C7H18O4SSi-2. The van der Waals surface area contributed by atoms with Crippen LogP contribution in [-0.2, 0) is 10.4 Å². The molecule has 0 heterocycles. The normalized spacial score (nSPS) is 11.8. The fourth-order valence-corrected chi connectivity index (χ4v) is 2.12. The van der Waals surface area contributed by atoms with Crippen LogP contribution in [-0.4, -0.2) is 25.6 Å². The summed E-state index contributed by atoms with van der Waals surface area (Å²) >= 11 is 0. The minimum Gasteiger partial charge on any atom is -0.759 e. The number of unbranched alkanes of at least 4 members (excludes halogenated alkanes) is 1. The van der Waals surface area contributed by atoms with E-state index in [0.29, 0.717) is 0 Å². The van der Waals surface area contributed by atoms with Gasteiger partial charge in [0, 0.05) is 18.5 Å². The van der Waals surface area contributed by atoms with E-state index in [1.807, 2.05) is 0 Å². The molecule has 82 valence electrons. The van der Waals surface area contributed by atoms with Crippen LogP contribution >= 0.6 is 0 Å². The molecule has 0 aromatic rings. The van der Waals surface area contributed by atoms with E-state index in [9.17, 15) is 0 Å². The molecule has 0 fully saturated rings. The topological polar surface area (TPSA) is 80.3 Å². The molecule has 0 bridgehead atoms. The highest BCUT2D eigenvalue weighted by Gasteiger charge is 2.10. The Labute approximate surface area is 81.9 Å². The van der Waals surface area contributed by atoms with Gasteiger partial charge in [-0.15, -0.1) is 0 Å². The van der Waals surface area contributed by atoms with Crippen molar-refractivity contribution < 1.29 is 17.5 Å². The Morgan fingerprint density at radius 1 is 1.15 bits per heavy atom. The fraction of sp³-hybridized carbons (Fsp3) is 1.00. The lowest BCUT2D eigenvalue weighted by molar-refractivity contribution is 0.352. The lowest BCUT2D eigenvalue weighted by atomic mass is 10.4. The molecule has 0 spiro atoms. The van der Waals surface area contributed by atoms with E-state index in [1.165, 1.54) is 18.9 Å². The Morgan fingerprint density at radius 2 is 1.46 bits per heavy atom. The van der Waals surface area contributed by atoms with Crippen LogP contribution in [0.5, 0.6) is 0 Å². The lowest BCUT2D eigenvalue weighted by Crippen LogP contribution is -2.18. The van der Waals surface area contributed by atoms with Gasteiger partial charge in [-0.2, -0.15) is 0 Å². The van der Waals surface area contributed by atoms with Crippen LogP contribution < -0.4 is 0 Å². The molecule has 0 aliphatic rings. The molecule has 0 saturated carbocycles. The molecule has 0 saturated heterocycles. The zero-order valence-electron chi connectivity index (χ0n) is 8.66. The van der Waals surface area contributed by atoms with E-state index in [-0.39, 0.29) is 0 Å². The second-order valence-electron chi connectivity index (χ2n) is 4.07. The predicted octanol–water partition coefficient (Wildman–Crippen LogP) is 1.79. The van der Waals surface area contributed by atoms with Crippen LogP contribution in [0.25, 0.3) is 0 Å². The Balaban J connectivity index is 0. The van der Waals surface area contributed by atoms with Crippen LogP contribution in [0.15, 0.2) is 0 Å². The van der Waals surface area contributed by atoms with Crippen LogP contribution in [0, 0.1) is 0 Å². The van der Waals surface area contributed by atoms with Crippen molar-refractivity contribution in [1.82, 2.24) is 0 Å². The minimum atomic E-state index is -5.17. The molecule has 0 unspecified atom stereocenters. The molecule has 0 rings (SSSR count). The van der Waals surface area contributed by atoms with Crippen LogP contribution in [0.1, 0.15) is 19.8 Å². The summed E-state index contributed by atoms with van der Waals surface area (Å²) in [6.07, 6.45) is 2.81. The maximum atomic E-state index is 8.52. The number of hydrogen-bond acceptors (Lipinski definition) is 4. The molecule has 4 nitrogen and oxygen atoms in total. The maximum Gasteiger partial charge on any atom is 0.0442 e. The average molecular weight is 226 g/mol. The summed E-state index contributed by atoms with van der Waals surface area (Å²) in [5.41, 5.74) is 0. The molecule has 0 amide bonds. The third kappa shape index (κ3) is 47.5. The van der Waals surface area contributed by atoms with Gasteiger partial charge in [0.1, 0.15) is 0 Å². The Hall–Kier alpha value is 0.0869. The van der Waals surface area contributed by atoms with Gasteiger partial charge >= 0.3 is 0 Å². The summed E-state index contributed by atoms with van der Waals surface area (Å²) in [5, 5.41) is 0. The van der Waals surface area contributed by atoms with Gasteiger partial charge in [-0.25, -0.2) is 0 Å². The first-order valence-corrected chi connectivity index (χ1v) is 9.27. The van der Waals surface area contributed by atoms with Crippen molar-refractivity contribution in [1.29, 1.82) is 0 Å². The van der Waals surface area contributed by atoms with Gasteiger partial charge < -0.3 is 9.11 Å². The summed E-state index contributed by atoms with van der Waals surface area (Å²) < 4.78 is 34.1. The highest BCUT2D eigenvalue weighted by Crippen LogP contribution is 2.11. The first-order valence-electron chi connectivity index (χ1n) is 4.23. The monoisotopic (exact) mass is 226 g/mol. The molecule has 0 aliphatic heterocycles. The van der Waals surface area contributed by atoms with E-state index in [1.54, 1.807) is 0 Å². The molecule has 0 N–H and O–H groups in total. The second-order valence-corrected chi connectivity index (χ2v) is 10.5. The van der Waals surface area contributed by atoms with Gasteiger partial charge in [-0.1, -0.05) is 45.5 Å². The second kappa shape index (κ2) is 6.53. The third-order valence-electron chi connectivity index (χ3n) is 1.28. The van der Waals surface area contributed by atoms with Crippen molar-refractivity contribution in [2.45, 2.75) is 45.5 Å². The highest BCUT2D eigenvalue weighted by molar-refractivity contribution is 7.79. The molecule has 0 atom stereocenters. The quantitative estimate of drug-likeness (QED) is 0.417. The first-order chi connectivity index (χ1) is 5.56. The minimum absolute atomic E-state index is 0.678. The molecular weight excluding hydrogens is 208 g/mol. The zero-order valence-corrected chi connectivity index (χ0v) is 10.5. The molecule has 0 aromatic carbocycles. The SMILES string of the molecule is CCCC[Si](C)(C)C.O=S(=O)([O-])[O-]. The van der Waals surface area contributed by atoms with Gasteiger partial charge in [-0.3, -0.25) is 8.42 Å². The van der Waals surface area contributed by atoms with Crippen LogP contribution in [0.2, 0.25) is 25.7 Å². The van der Waals surface area contributed by atoms with E-state index >= 15 is 0 Å². The van der Waals surface area contributed by atoms with Crippen molar-refractivity contribution >= 4 is 18.5 Å². The summed E-state index contributed by atoms with van der Waals surface area (Å²) in [5.74, 6) is 0. The summed E-state index contributed by atoms with van der Waals surface area (Å²) in [6, 6.07) is 1.50. The molecule has 13 heavy (non-hydrogen) atoms. The molecule has 6 heteroatoms. The van der Waals surface area contributed by atoms with Crippen LogP contribution in [0.4, 0.5) is 0 Å². The Morgan fingerprint density at radius 3 is 1.54 bits per heavy atom. The highest BCUT2D eigenvalue weighted by atomic mass is 32.3. The Bertz CT molecular complexity index is 197. The summed E-state index contributed by atoms with van der Waals surface area (Å²) in [7, 11) is -5.84. The van der Waals surface area contributed by atoms with E-state index < -0.39 is 18.5 Å². The van der Waals surface area contributed by atoms with Crippen molar-refractivity contribution in [3.05, 3.63) is 0 Å². The largest absolute Gasteiger partial charge is 0.759 e. The summed E-state index contributed by atoms with van der Waals surface area (Å²) in [6.45, 7) is 9.56. The van der Waals surface area contributed by atoms with E-state index in [2.05, 4.69) is 26.6 Å². The first kappa shape index (κ1) is 15.6. The van der Waals surface area contributed by atoms with Crippen molar-refractivity contribution in [2.75, 3.05) is 0 Å².